The van der Waals surface area contributed by atoms with Crippen LogP contribution in [0, 0.1) is 0 Å². The molecule has 0 aromatic heterocycles. The van der Waals surface area contributed by atoms with E-state index in [1.165, 1.54) is 88.3 Å². The highest BCUT2D eigenvalue weighted by atomic mass is 15.1. The van der Waals surface area contributed by atoms with E-state index in [0.29, 0.717) is 0 Å². The van der Waals surface area contributed by atoms with E-state index in [1.54, 1.807) is 0 Å². The molecule has 0 aliphatic heterocycles. The number of benzene rings is 11. The van der Waals surface area contributed by atoms with Crippen LogP contribution in [0.1, 0.15) is 0 Å². The van der Waals surface area contributed by atoms with Crippen LogP contribution in [0.4, 0.5) is 17.1 Å². The lowest BCUT2D eigenvalue weighted by Gasteiger charge is -2.26. The van der Waals surface area contributed by atoms with Gasteiger partial charge in [-0.1, -0.05) is 224 Å². The Morgan fingerprint density at radius 3 is 0.921 bits per heavy atom. The minimum Gasteiger partial charge on any atom is -0.311 e. The van der Waals surface area contributed by atoms with E-state index in [2.05, 4.69) is 266 Å². The van der Waals surface area contributed by atoms with Crippen molar-refractivity contribution in [2.75, 3.05) is 4.90 Å². The van der Waals surface area contributed by atoms with E-state index in [0.717, 1.165) is 17.1 Å². The van der Waals surface area contributed by atoms with Crippen LogP contribution in [-0.2, 0) is 0 Å². The predicted octanol–water partition coefficient (Wildman–Crippen LogP) is 17.5. The average molecular weight is 802 g/mol. The van der Waals surface area contributed by atoms with E-state index in [9.17, 15) is 0 Å². The summed E-state index contributed by atoms with van der Waals surface area (Å²) in [5.74, 6) is 0. The van der Waals surface area contributed by atoms with Crippen LogP contribution >= 0.6 is 0 Å². The minimum absolute atomic E-state index is 1.09. The highest BCUT2D eigenvalue weighted by Crippen LogP contribution is 2.47. The van der Waals surface area contributed by atoms with Crippen LogP contribution < -0.4 is 4.90 Å². The lowest BCUT2D eigenvalue weighted by molar-refractivity contribution is 1.28. The zero-order valence-electron chi connectivity index (χ0n) is 34.8. The fraction of sp³-hybridized carbons (Fsp3) is 0. The molecule has 0 atom stereocenters. The molecule has 0 N–H and O–H groups in total. The number of hydrogen-bond acceptors (Lipinski definition) is 1. The van der Waals surface area contributed by atoms with Crippen molar-refractivity contribution in [3.05, 3.63) is 261 Å². The number of nitrogens with zero attached hydrogens (tertiary/aromatic N) is 1. The van der Waals surface area contributed by atoms with E-state index in [1.807, 2.05) is 0 Å². The predicted molar refractivity (Wildman–Crippen MR) is 269 cm³/mol. The summed E-state index contributed by atoms with van der Waals surface area (Å²) in [5, 5.41) is 5.01. The summed E-state index contributed by atoms with van der Waals surface area (Å²) in [7, 11) is 0. The molecule has 63 heavy (non-hydrogen) atoms. The lowest BCUT2D eigenvalue weighted by atomic mass is 9.83. The van der Waals surface area contributed by atoms with Gasteiger partial charge in [0.25, 0.3) is 0 Å². The van der Waals surface area contributed by atoms with Crippen molar-refractivity contribution in [1.82, 2.24) is 0 Å². The normalized spacial score (nSPS) is 11.2. The van der Waals surface area contributed by atoms with Gasteiger partial charge in [0.2, 0.25) is 0 Å². The first-order valence-corrected chi connectivity index (χ1v) is 21.7. The minimum atomic E-state index is 1.09. The zero-order valence-corrected chi connectivity index (χ0v) is 34.8. The number of rotatable bonds is 9. The van der Waals surface area contributed by atoms with Crippen LogP contribution in [0.2, 0.25) is 0 Å². The summed E-state index contributed by atoms with van der Waals surface area (Å²) in [4.78, 5) is 2.36. The largest absolute Gasteiger partial charge is 0.311 e. The van der Waals surface area contributed by atoms with Gasteiger partial charge in [-0.15, -0.1) is 0 Å². The average Bonchev–Trinajstić information content (AvgIpc) is 3.37. The first-order valence-electron chi connectivity index (χ1n) is 21.7. The Morgan fingerprint density at radius 2 is 0.492 bits per heavy atom. The fourth-order valence-corrected chi connectivity index (χ4v) is 9.25. The van der Waals surface area contributed by atoms with Crippen molar-refractivity contribution in [2.45, 2.75) is 0 Å². The first-order chi connectivity index (χ1) is 31.3. The van der Waals surface area contributed by atoms with Crippen molar-refractivity contribution in [2.24, 2.45) is 0 Å². The molecule has 0 bridgehead atoms. The second-order valence-electron chi connectivity index (χ2n) is 16.0. The van der Waals surface area contributed by atoms with Crippen molar-refractivity contribution in [3.8, 4) is 66.8 Å². The Hall–Kier alpha value is -8.26. The molecule has 0 aliphatic rings. The third-order valence-electron chi connectivity index (χ3n) is 12.3. The summed E-state index contributed by atoms with van der Waals surface area (Å²) in [5.41, 5.74) is 17.8. The van der Waals surface area contributed by atoms with Crippen LogP contribution in [0.15, 0.2) is 261 Å². The molecule has 0 saturated heterocycles. The highest BCUT2D eigenvalue weighted by molar-refractivity contribution is 6.25. The van der Waals surface area contributed by atoms with Gasteiger partial charge in [0.05, 0.1) is 0 Å². The molecule has 0 amide bonds. The molecule has 0 spiro atoms. The number of hydrogen-bond donors (Lipinski definition) is 0. The Morgan fingerprint density at radius 1 is 0.190 bits per heavy atom. The Kier molecular flexibility index (Phi) is 9.97. The maximum Gasteiger partial charge on any atom is 0.0462 e. The van der Waals surface area contributed by atoms with Gasteiger partial charge in [-0.3, -0.25) is 0 Å². The van der Waals surface area contributed by atoms with Crippen LogP contribution in [0.25, 0.3) is 88.3 Å². The first kappa shape index (κ1) is 37.7. The molecule has 0 fully saturated rings. The van der Waals surface area contributed by atoms with Crippen molar-refractivity contribution in [3.63, 3.8) is 0 Å². The van der Waals surface area contributed by atoms with E-state index < -0.39 is 0 Å². The van der Waals surface area contributed by atoms with E-state index >= 15 is 0 Å². The van der Waals surface area contributed by atoms with E-state index in [4.69, 9.17) is 0 Å². The van der Waals surface area contributed by atoms with Crippen LogP contribution in [0.3, 0.4) is 0 Å². The molecule has 11 rings (SSSR count). The van der Waals surface area contributed by atoms with Gasteiger partial charge in [-0.05, 0) is 125 Å². The molecule has 11 aromatic carbocycles. The van der Waals surface area contributed by atoms with Gasteiger partial charge < -0.3 is 4.90 Å². The summed E-state index contributed by atoms with van der Waals surface area (Å²) in [6, 6.07) is 94.5. The third kappa shape index (κ3) is 7.26. The van der Waals surface area contributed by atoms with Gasteiger partial charge in [-0.2, -0.15) is 0 Å². The maximum absolute atomic E-state index is 2.36. The monoisotopic (exact) mass is 801 g/mol. The molecule has 0 saturated carbocycles. The summed E-state index contributed by atoms with van der Waals surface area (Å²) in [6.45, 7) is 0. The second-order valence-corrected chi connectivity index (χ2v) is 16.0. The van der Waals surface area contributed by atoms with Crippen molar-refractivity contribution in [1.29, 1.82) is 0 Å². The molecule has 0 unspecified atom stereocenters. The van der Waals surface area contributed by atoms with E-state index in [-0.39, 0.29) is 0 Å². The molecule has 1 heteroatoms. The quantitative estimate of drug-likeness (QED) is 0.131. The molecular weight excluding hydrogens is 759 g/mol. The second kappa shape index (κ2) is 16.7. The Bertz CT molecular complexity index is 3300. The summed E-state index contributed by atoms with van der Waals surface area (Å²) >= 11 is 0. The molecular formula is C62H43N. The molecule has 0 radical (unpaired) electrons. The lowest BCUT2D eigenvalue weighted by Crippen LogP contribution is -2.09. The molecule has 11 aromatic rings. The zero-order chi connectivity index (χ0) is 42.0. The van der Waals surface area contributed by atoms with Gasteiger partial charge in [0, 0.05) is 17.1 Å². The standard InChI is InChI=1S/C62H43N/c1-5-16-44(17-6-1)46-28-30-47(31-29-46)49-34-40-54(41-35-49)63(53-38-32-48(33-39-53)45-18-7-2-8-19-45)55-42-36-50(37-43-55)56-26-15-27-59-61(52-22-11-4-12-23-52)60(51-20-9-3-10-21-51)57-24-13-14-25-58(57)62(56)59/h1-43H. The number of anilines is 3. The Labute approximate surface area is 369 Å². The molecule has 0 aliphatic carbocycles. The van der Waals surface area contributed by atoms with Crippen molar-refractivity contribution < 1.29 is 0 Å². The van der Waals surface area contributed by atoms with Gasteiger partial charge in [-0.25, -0.2) is 0 Å². The Balaban J connectivity index is 1.01. The molecule has 1 nitrogen and oxygen atoms in total. The topological polar surface area (TPSA) is 3.24 Å². The number of fused-ring (bicyclic) bond motifs is 3. The van der Waals surface area contributed by atoms with Crippen LogP contribution in [-0.4, -0.2) is 0 Å². The molecule has 296 valence electrons. The highest BCUT2D eigenvalue weighted by Gasteiger charge is 2.20. The van der Waals surface area contributed by atoms with Crippen molar-refractivity contribution >= 4 is 38.6 Å². The fourth-order valence-electron chi connectivity index (χ4n) is 9.25. The van der Waals surface area contributed by atoms with Gasteiger partial charge in [0.15, 0.2) is 0 Å². The SMILES string of the molecule is c1ccc(-c2ccc(-c3ccc(N(c4ccc(-c5ccccc5)cc4)c4ccc(-c5cccc6c(-c7ccccc7)c(-c7ccccc7)c7ccccc7c56)cc4)cc3)cc2)cc1. The maximum atomic E-state index is 2.36. The van der Waals surface area contributed by atoms with Crippen LogP contribution in [0.5, 0.6) is 0 Å². The third-order valence-corrected chi connectivity index (χ3v) is 12.3. The summed E-state index contributed by atoms with van der Waals surface area (Å²) in [6.07, 6.45) is 0. The molecule has 0 heterocycles. The van der Waals surface area contributed by atoms with Gasteiger partial charge in [0.1, 0.15) is 0 Å². The smallest absolute Gasteiger partial charge is 0.0462 e. The van der Waals surface area contributed by atoms with Gasteiger partial charge >= 0.3 is 0 Å². The summed E-state index contributed by atoms with van der Waals surface area (Å²) < 4.78 is 0.